The van der Waals surface area contributed by atoms with Gasteiger partial charge in [-0.05, 0) is 18.6 Å². The molecule has 0 amide bonds. The van der Waals surface area contributed by atoms with Crippen LogP contribution < -0.4 is 0 Å². The number of aryl methyl sites for hydroxylation is 1. The molecule has 2 aromatic rings. The smallest absolute Gasteiger partial charge is 0.197 e. The molecule has 0 heterocycles. The molecule has 0 aliphatic carbocycles. The molecule has 1 nitrogen and oxygen atoms in total. The van der Waals surface area contributed by atoms with Gasteiger partial charge in [-0.1, -0.05) is 48.0 Å². The first kappa shape index (κ1) is 11.8. The summed E-state index contributed by atoms with van der Waals surface area (Å²) in [4.78, 5) is 12.1. The van der Waals surface area contributed by atoms with Gasteiger partial charge < -0.3 is 0 Å². The van der Waals surface area contributed by atoms with E-state index in [2.05, 4.69) is 0 Å². The summed E-state index contributed by atoms with van der Waals surface area (Å²) in [7, 11) is 0. The van der Waals surface area contributed by atoms with Gasteiger partial charge in [0.05, 0.1) is 10.6 Å². The van der Waals surface area contributed by atoms with Crippen LogP contribution >= 0.6 is 11.6 Å². The van der Waals surface area contributed by atoms with E-state index in [9.17, 15) is 9.18 Å². The van der Waals surface area contributed by atoms with Gasteiger partial charge in [-0.15, -0.1) is 0 Å². The van der Waals surface area contributed by atoms with Crippen molar-refractivity contribution < 1.29 is 9.18 Å². The second-order valence-electron chi connectivity index (χ2n) is 3.75. The summed E-state index contributed by atoms with van der Waals surface area (Å²) in [6.07, 6.45) is 0. The zero-order valence-electron chi connectivity index (χ0n) is 9.21. The maximum atomic E-state index is 13.7. The standard InChI is InChI=1S/C14H10ClFO/c1-9-7-8-11(16)12(13(9)15)14(17)10-5-3-2-4-6-10/h2-8H,1H3. The first-order valence-electron chi connectivity index (χ1n) is 5.15. The van der Waals surface area contributed by atoms with Gasteiger partial charge in [0.15, 0.2) is 5.78 Å². The molecule has 2 aromatic carbocycles. The summed E-state index contributed by atoms with van der Waals surface area (Å²) in [5.74, 6) is -0.980. The third kappa shape index (κ3) is 2.22. The molecule has 2 rings (SSSR count). The third-order valence-corrected chi connectivity index (χ3v) is 3.03. The van der Waals surface area contributed by atoms with Crippen molar-refractivity contribution in [3.05, 3.63) is 70.0 Å². The van der Waals surface area contributed by atoms with Crippen molar-refractivity contribution in [3.63, 3.8) is 0 Å². The number of benzene rings is 2. The van der Waals surface area contributed by atoms with E-state index >= 15 is 0 Å². The minimum atomic E-state index is -0.588. The lowest BCUT2D eigenvalue weighted by atomic mass is 10.0. The number of carbonyl (C=O) groups is 1. The Morgan fingerprint density at radius 1 is 1.12 bits per heavy atom. The molecule has 0 aromatic heterocycles. The number of hydrogen-bond acceptors (Lipinski definition) is 1. The Hall–Kier alpha value is -1.67. The minimum absolute atomic E-state index is 0.0575. The Morgan fingerprint density at radius 3 is 2.41 bits per heavy atom. The van der Waals surface area contributed by atoms with E-state index in [4.69, 9.17) is 11.6 Å². The first-order chi connectivity index (χ1) is 8.11. The van der Waals surface area contributed by atoms with Crippen LogP contribution in [-0.4, -0.2) is 5.78 Å². The zero-order valence-corrected chi connectivity index (χ0v) is 9.96. The highest BCUT2D eigenvalue weighted by Crippen LogP contribution is 2.25. The topological polar surface area (TPSA) is 17.1 Å². The second kappa shape index (κ2) is 4.68. The van der Waals surface area contributed by atoms with Crippen molar-refractivity contribution in [1.29, 1.82) is 0 Å². The molecular weight excluding hydrogens is 239 g/mol. The molecule has 0 aliphatic rings. The van der Waals surface area contributed by atoms with Gasteiger partial charge in [0, 0.05) is 5.56 Å². The predicted octanol–water partition coefficient (Wildman–Crippen LogP) is 4.02. The molecule has 0 radical (unpaired) electrons. The normalized spacial score (nSPS) is 10.3. The minimum Gasteiger partial charge on any atom is -0.288 e. The first-order valence-corrected chi connectivity index (χ1v) is 5.53. The Morgan fingerprint density at radius 2 is 1.76 bits per heavy atom. The third-order valence-electron chi connectivity index (χ3n) is 2.55. The van der Waals surface area contributed by atoms with E-state index in [-0.39, 0.29) is 10.6 Å². The molecule has 0 saturated heterocycles. The van der Waals surface area contributed by atoms with Crippen molar-refractivity contribution >= 4 is 17.4 Å². The molecule has 0 N–H and O–H groups in total. The lowest BCUT2D eigenvalue weighted by Gasteiger charge is -2.07. The summed E-state index contributed by atoms with van der Waals surface area (Å²) < 4.78 is 13.7. The Bertz CT molecular complexity index is 564. The van der Waals surface area contributed by atoms with E-state index in [1.54, 1.807) is 43.3 Å². The van der Waals surface area contributed by atoms with Gasteiger partial charge in [-0.2, -0.15) is 0 Å². The molecule has 0 unspecified atom stereocenters. The van der Waals surface area contributed by atoms with Gasteiger partial charge in [0.25, 0.3) is 0 Å². The maximum absolute atomic E-state index is 13.7. The Kier molecular flexibility index (Phi) is 3.25. The number of hydrogen-bond donors (Lipinski definition) is 0. The van der Waals surface area contributed by atoms with E-state index in [1.165, 1.54) is 6.07 Å². The lowest BCUT2D eigenvalue weighted by Crippen LogP contribution is -2.06. The summed E-state index contributed by atoms with van der Waals surface area (Å²) >= 11 is 5.98. The van der Waals surface area contributed by atoms with Crippen LogP contribution in [-0.2, 0) is 0 Å². The summed E-state index contributed by atoms with van der Waals surface area (Å²) in [6.45, 7) is 1.74. The second-order valence-corrected chi connectivity index (χ2v) is 4.13. The molecule has 0 fully saturated rings. The van der Waals surface area contributed by atoms with E-state index in [1.807, 2.05) is 0 Å². The van der Waals surface area contributed by atoms with E-state index in [0.29, 0.717) is 11.1 Å². The molecule has 17 heavy (non-hydrogen) atoms. The fourth-order valence-corrected chi connectivity index (χ4v) is 1.84. The molecule has 0 aliphatic heterocycles. The van der Waals surface area contributed by atoms with Crippen molar-refractivity contribution in [2.24, 2.45) is 0 Å². The SMILES string of the molecule is Cc1ccc(F)c(C(=O)c2ccccc2)c1Cl. The predicted molar refractivity (Wildman–Crippen MR) is 66.0 cm³/mol. The van der Waals surface area contributed by atoms with Crippen molar-refractivity contribution in [3.8, 4) is 0 Å². The highest BCUT2D eigenvalue weighted by molar-refractivity contribution is 6.35. The average Bonchev–Trinajstić information content (AvgIpc) is 2.35. The Balaban J connectivity index is 2.56. The molecule has 0 atom stereocenters. The molecular formula is C14H10ClFO. The molecule has 0 saturated carbocycles. The number of rotatable bonds is 2. The van der Waals surface area contributed by atoms with Crippen LogP contribution in [0.4, 0.5) is 4.39 Å². The van der Waals surface area contributed by atoms with Crippen molar-refractivity contribution in [1.82, 2.24) is 0 Å². The van der Waals surface area contributed by atoms with Gasteiger partial charge in [0.1, 0.15) is 5.82 Å². The van der Waals surface area contributed by atoms with Crippen LogP contribution in [0.3, 0.4) is 0 Å². The average molecular weight is 249 g/mol. The van der Waals surface area contributed by atoms with Crippen LogP contribution in [0.15, 0.2) is 42.5 Å². The number of ketones is 1. The summed E-state index contributed by atoms with van der Waals surface area (Å²) in [5, 5.41) is 0.179. The fraction of sp³-hybridized carbons (Fsp3) is 0.0714. The maximum Gasteiger partial charge on any atom is 0.197 e. The number of carbonyl (C=O) groups excluding carboxylic acids is 1. The quantitative estimate of drug-likeness (QED) is 0.734. The fourth-order valence-electron chi connectivity index (χ4n) is 1.60. The molecule has 3 heteroatoms. The van der Waals surface area contributed by atoms with E-state index < -0.39 is 11.6 Å². The highest BCUT2D eigenvalue weighted by atomic mass is 35.5. The summed E-state index contributed by atoms with van der Waals surface area (Å²) in [6, 6.07) is 11.4. The largest absolute Gasteiger partial charge is 0.288 e. The molecule has 86 valence electrons. The van der Waals surface area contributed by atoms with E-state index in [0.717, 1.165) is 0 Å². The Labute approximate surface area is 104 Å². The summed E-state index contributed by atoms with van der Waals surface area (Å²) in [5.41, 5.74) is 1.06. The van der Waals surface area contributed by atoms with Crippen LogP contribution in [0, 0.1) is 12.7 Å². The lowest BCUT2D eigenvalue weighted by molar-refractivity contribution is 0.103. The molecule has 0 bridgehead atoms. The highest BCUT2D eigenvalue weighted by Gasteiger charge is 2.18. The monoisotopic (exact) mass is 248 g/mol. The van der Waals surface area contributed by atoms with Crippen LogP contribution in [0.2, 0.25) is 5.02 Å². The van der Waals surface area contributed by atoms with Crippen LogP contribution in [0.1, 0.15) is 21.5 Å². The van der Waals surface area contributed by atoms with Gasteiger partial charge in [0.2, 0.25) is 0 Å². The van der Waals surface area contributed by atoms with Gasteiger partial charge >= 0.3 is 0 Å². The number of halogens is 2. The van der Waals surface area contributed by atoms with Crippen molar-refractivity contribution in [2.45, 2.75) is 6.92 Å². The molecule has 0 spiro atoms. The van der Waals surface area contributed by atoms with Crippen LogP contribution in [0.5, 0.6) is 0 Å². The van der Waals surface area contributed by atoms with Gasteiger partial charge in [-0.3, -0.25) is 4.79 Å². The van der Waals surface area contributed by atoms with Gasteiger partial charge in [-0.25, -0.2) is 4.39 Å². The van der Waals surface area contributed by atoms with Crippen LogP contribution in [0.25, 0.3) is 0 Å². The zero-order chi connectivity index (χ0) is 12.4. The van der Waals surface area contributed by atoms with Crippen molar-refractivity contribution in [2.75, 3.05) is 0 Å².